The van der Waals surface area contributed by atoms with E-state index >= 15 is 0 Å². The van der Waals surface area contributed by atoms with Crippen LogP contribution in [-0.4, -0.2) is 30.1 Å². The highest BCUT2D eigenvalue weighted by atomic mass is 15.2. The third-order valence-corrected chi connectivity index (χ3v) is 4.02. The monoisotopic (exact) mass is 226 g/mol. The highest BCUT2D eigenvalue weighted by Crippen LogP contribution is 2.29. The molecule has 0 amide bonds. The van der Waals surface area contributed by atoms with E-state index in [1.165, 1.54) is 38.8 Å². The maximum absolute atomic E-state index is 5.85. The van der Waals surface area contributed by atoms with Gasteiger partial charge in [0.25, 0.3) is 0 Å². The topological polar surface area (TPSA) is 29.3 Å². The molecule has 0 radical (unpaired) electrons. The van der Waals surface area contributed by atoms with Crippen LogP contribution in [0.2, 0.25) is 0 Å². The highest BCUT2D eigenvalue weighted by Gasteiger charge is 2.31. The largest absolute Gasteiger partial charge is 0.330 e. The molecule has 1 rings (SSSR count). The normalized spacial score (nSPS) is 22.9. The molecule has 0 bridgehead atoms. The smallest absolute Gasteiger partial charge is 0.0153 e. The molecule has 0 aliphatic carbocycles. The van der Waals surface area contributed by atoms with Crippen LogP contribution in [-0.2, 0) is 0 Å². The van der Waals surface area contributed by atoms with Crippen molar-refractivity contribution in [2.24, 2.45) is 17.6 Å². The lowest BCUT2D eigenvalue weighted by Gasteiger charge is -2.32. The summed E-state index contributed by atoms with van der Waals surface area (Å²) in [6.07, 6.45) is 5.28. The zero-order valence-electron chi connectivity index (χ0n) is 11.6. The Morgan fingerprint density at radius 3 is 2.44 bits per heavy atom. The van der Waals surface area contributed by atoms with Gasteiger partial charge in [0.1, 0.15) is 0 Å². The first-order valence-corrected chi connectivity index (χ1v) is 6.91. The molecule has 2 nitrogen and oxygen atoms in total. The molecule has 2 N–H and O–H groups in total. The summed E-state index contributed by atoms with van der Waals surface area (Å²) >= 11 is 0. The fourth-order valence-corrected chi connectivity index (χ4v) is 2.91. The number of hydrogen-bond acceptors (Lipinski definition) is 2. The molecule has 1 saturated heterocycles. The lowest BCUT2D eigenvalue weighted by Crippen LogP contribution is -2.39. The van der Waals surface area contributed by atoms with Gasteiger partial charge in [-0.2, -0.15) is 0 Å². The summed E-state index contributed by atoms with van der Waals surface area (Å²) in [6, 6.07) is 0. The van der Waals surface area contributed by atoms with Gasteiger partial charge in [-0.15, -0.1) is 0 Å². The van der Waals surface area contributed by atoms with Crippen LogP contribution in [0.1, 0.15) is 53.4 Å². The molecule has 16 heavy (non-hydrogen) atoms. The fourth-order valence-electron chi connectivity index (χ4n) is 2.91. The molecule has 0 saturated carbocycles. The van der Waals surface area contributed by atoms with Gasteiger partial charge in [-0.25, -0.2) is 0 Å². The molecule has 1 atom stereocenters. The van der Waals surface area contributed by atoms with Crippen LogP contribution in [0.4, 0.5) is 0 Å². The number of hydrogen-bond donors (Lipinski definition) is 1. The van der Waals surface area contributed by atoms with Crippen molar-refractivity contribution < 1.29 is 0 Å². The quantitative estimate of drug-likeness (QED) is 0.754. The van der Waals surface area contributed by atoms with Crippen molar-refractivity contribution in [1.29, 1.82) is 0 Å². The van der Waals surface area contributed by atoms with Crippen molar-refractivity contribution >= 4 is 0 Å². The lowest BCUT2D eigenvalue weighted by atomic mass is 9.93. The number of likely N-dealkylation sites (tertiary alicyclic amines) is 1. The Morgan fingerprint density at radius 2 is 2.00 bits per heavy atom. The summed E-state index contributed by atoms with van der Waals surface area (Å²) in [5.74, 6) is 1.50. The third-order valence-electron chi connectivity index (χ3n) is 4.02. The molecule has 0 aromatic rings. The molecule has 1 aliphatic heterocycles. The van der Waals surface area contributed by atoms with Gasteiger partial charge >= 0.3 is 0 Å². The first-order chi connectivity index (χ1) is 7.45. The zero-order valence-corrected chi connectivity index (χ0v) is 11.6. The maximum Gasteiger partial charge on any atom is 0.0153 e. The van der Waals surface area contributed by atoms with Gasteiger partial charge in [-0.1, -0.05) is 13.8 Å². The number of nitrogens with zero attached hydrogens (tertiary/aromatic N) is 1. The molecule has 0 aromatic heterocycles. The summed E-state index contributed by atoms with van der Waals surface area (Å²) in [5, 5.41) is 0. The van der Waals surface area contributed by atoms with E-state index in [4.69, 9.17) is 5.73 Å². The average Bonchev–Trinajstić information content (AvgIpc) is 2.52. The first kappa shape index (κ1) is 14.0. The van der Waals surface area contributed by atoms with Crippen LogP contribution in [0.5, 0.6) is 0 Å². The summed E-state index contributed by atoms with van der Waals surface area (Å²) < 4.78 is 0. The summed E-state index contributed by atoms with van der Waals surface area (Å²) in [4.78, 5) is 2.65. The van der Waals surface area contributed by atoms with Gasteiger partial charge in [0.15, 0.2) is 0 Å². The van der Waals surface area contributed by atoms with Crippen molar-refractivity contribution in [2.45, 2.75) is 58.9 Å². The van der Waals surface area contributed by atoms with Gasteiger partial charge in [-0.05, 0) is 71.0 Å². The van der Waals surface area contributed by atoms with Gasteiger partial charge in [-0.3, -0.25) is 4.90 Å². The van der Waals surface area contributed by atoms with Crippen LogP contribution in [0.25, 0.3) is 0 Å². The number of rotatable bonds is 6. The molecule has 1 unspecified atom stereocenters. The third kappa shape index (κ3) is 4.06. The van der Waals surface area contributed by atoms with Crippen LogP contribution in [0.15, 0.2) is 0 Å². The maximum atomic E-state index is 5.85. The van der Waals surface area contributed by atoms with Gasteiger partial charge in [0.05, 0.1) is 0 Å². The van der Waals surface area contributed by atoms with Crippen molar-refractivity contribution in [1.82, 2.24) is 4.90 Å². The van der Waals surface area contributed by atoms with E-state index in [2.05, 4.69) is 32.6 Å². The van der Waals surface area contributed by atoms with E-state index in [-0.39, 0.29) is 0 Å². The molecule has 96 valence electrons. The second kappa shape index (κ2) is 6.02. The van der Waals surface area contributed by atoms with Gasteiger partial charge in [0, 0.05) is 5.54 Å². The minimum absolute atomic E-state index is 0.428. The van der Waals surface area contributed by atoms with Crippen molar-refractivity contribution in [3.63, 3.8) is 0 Å². The Bertz CT molecular complexity index is 199. The summed E-state index contributed by atoms with van der Waals surface area (Å²) in [5.41, 5.74) is 6.28. The predicted molar refractivity (Wildman–Crippen MR) is 71.5 cm³/mol. The first-order valence-electron chi connectivity index (χ1n) is 6.91. The molecule has 1 heterocycles. The second-order valence-corrected chi connectivity index (χ2v) is 6.42. The van der Waals surface area contributed by atoms with E-state index in [0.29, 0.717) is 5.54 Å². The average molecular weight is 226 g/mol. The van der Waals surface area contributed by atoms with Crippen molar-refractivity contribution in [2.75, 3.05) is 19.6 Å². The minimum Gasteiger partial charge on any atom is -0.330 e. The molecular weight excluding hydrogens is 196 g/mol. The number of nitrogens with two attached hydrogens (primary N) is 1. The van der Waals surface area contributed by atoms with Crippen LogP contribution in [0, 0.1) is 11.8 Å². The molecule has 0 aromatic carbocycles. The van der Waals surface area contributed by atoms with E-state index in [1.54, 1.807) is 0 Å². The molecular formula is C14H30N2. The lowest BCUT2D eigenvalue weighted by molar-refractivity contribution is 0.160. The van der Waals surface area contributed by atoms with Gasteiger partial charge < -0.3 is 5.73 Å². The van der Waals surface area contributed by atoms with Crippen LogP contribution >= 0.6 is 0 Å². The Balaban J connectivity index is 2.32. The van der Waals surface area contributed by atoms with Gasteiger partial charge in [0.2, 0.25) is 0 Å². The van der Waals surface area contributed by atoms with E-state index in [0.717, 1.165) is 18.4 Å². The SMILES string of the molecule is CC(C)CC(CN)CCN1CCCC1(C)C. The van der Waals surface area contributed by atoms with E-state index < -0.39 is 0 Å². The Hall–Kier alpha value is -0.0800. The zero-order chi connectivity index (χ0) is 12.2. The van der Waals surface area contributed by atoms with Crippen molar-refractivity contribution in [3.05, 3.63) is 0 Å². The van der Waals surface area contributed by atoms with Crippen LogP contribution in [0.3, 0.4) is 0 Å². The Kier molecular flexibility index (Phi) is 5.26. The molecule has 1 aliphatic rings. The van der Waals surface area contributed by atoms with E-state index in [9.17, 15) is 0 Å². The Labute approximate surface area is 102 Å². The fraction of sp³-hybridized carbons (Fsp3) is 1.00. The second-order valence-electron chi connectivity index (χ2n) is 6.42. The standard InChI is InChI=1S/C14H30N2/c1-12(2)10-13(11-15)6-9-16-8-5-7-14(16,3)4/h12-13H,5-11,15H2,1-4H3. The predicted octanol–water partition coefficient (Wildman–Crippen LogP) is 2.87. The van der Waals surface area contributed by atoms with Crippen LogP contribution < -0.4 is 5.73 Å². The summed E-state index contributed by atoms with van der Waals surface area (Å²) in [7, 11) is 0. The molecule has 0 spiro atoms. The van der Waals surface area contributed by atoms with E-state index in [1.807, 2.05) is 0 Å². The molecule has 1 fully saturated rings. The molecule has 2 heteroatoms. The Morgan fingerprint density at radius 1 is 1.31 bits per heavy atom. The summed E-state index contributed by atoms with van der Waals surface area (Å²) in [6.45, 7) is 12.7. The highest BCUT2D eigenvalue weighted by molar-refractivity contribution is 4.87. The minimum atomic E-state index is 0.428. The van der Waals surface area contributed by atoms with Crippen molar-refractivity contribution in [3.8, 4) is 0 Å².